The molecule has 0 amide bonds. The summed E-state index contributed by atoms with van der Waals surface area (Å²) in [7, 11) is -12.5. The molecule has 2 N–H and O–H groups in total. The van der Waals surface area contributed by atoms with E-state index >= 15 is 0 Å². The van der Waals surface area contributed by atoms with Gasteiger partial charge in [-0.2, -0.15) is 114 Å². The van der Waals surface area contributed by atoms with E-state index in [1.54, 1.807) is 0 Å². The minimum atomic E-state index is -8.39. The zero-order valence-corrected chi connectivity index (χ0v) is 25.8. The molecule has 0 fully saturated rings. The van der Waals surface area contributed by atoms with Crippen molar-refractivity contribution in [1.29, 1.82) is 0 Å². The Hall–Kier alpha value is -1.59. The van der Waals surface area contributed by atoms with E-state index in [9.17, 15) is 124 Å². The lowest BCUT2D eigenvalue weighted by molar-refractivity contribution is -0.440. The highest BCUT2D eigenvalue weighted by Crippen LogP contribution is 2.62. The molecule has 0 bridgehead atoms. The van der Waals surface area contributed by atoms with Crippen LogP contribution in [0.15, 0.2) is 0 Å². The quantitative estimate of drug-likeness (QED) is 0.107. The molecule has 0 aliphatic carbocycles. The number of rotatable bonds is 18. The summed E-state index contributed by atoms with van der Waals surface area (Å²) in [6, 6.07) is -5.24. The lowest BCUT2D eigenvalue weighted by Crippen LogP contribution is -2.70. The molecule has 33 heteroatoms. The van der Waals surface area contributed by atoms with Crippen molar-refractivity contribution in [2.75, 3.05) is 14.2 Å². The van der Waals surface area contributed by atoms with Gasteiger partial charge in [-0.05, 0) is 0 Å². The molecule has 0 heterocycles. The van der Waals surface area contributed by atoms with Crippen molar-refractivity contribution in [3.63, 3.8) is 0 Å². The predicted octanol–water partition coefficient (Wildman–Crippen LogP) is 8.42. The Kier molecular flexibility index (Phi) is 13.2. The lowest BCUT2D eigenvalue weighted by atomic mass is 9.93. The van der Waals surface area contributed by atoms with Crippen molar-refractivity contribution >= 4 is 17.6 Å². The normalized spacial score (nSPS) is 16.6. The van der Waals surface area contributed by atoms with Gasteiger partial charge in [0.25, 0.3) is 0 Å². The number of hydrogen-bond donors (Lipinski definition) is 2. The van der Waals surface area contributed by atoms with Gasteiger partial charge in [-0.1, -0.05) is 0 Å². The first-order valence-corrected chi connectivity index (χ1v) is 15.8. The van der Waals surface area contributed by atoms with Crippen LogP contribution in [0.2, 0.25) is 12.1 Å². The van der Waals surface area contributed by atoms with Gasteiger partial charge < -0.3 is 22.6 Å². The van der Waals surface area contributed by atoms with E-state index in [0.29, 0.717) is 0 Å². The molecule has 0 saturated carbocycles. The van der Waals surface area contributed by atoms with E-state index in [2.05, 4.69) is 13.0 Å². The molecule has 0 radical (unpaired) electrons. The van der Waals surface area contributed by atoms with Crippen LogP contribution in [0.5, 0.6) is 0 Å². The topological polar surface area (TPSA) is 68.2 Å². The molecule has 5 nitrogen and oxygen atoms in total. The zero-order valence-electron chi connectivity index (χ0n) is 23.8. The maximum atomic E-state index is 14.2. The molecular formula is C18H16F26O5Si2. The fourth-order valence-corrected chi connectivity index (χ4v) is 8.58. The van der Waals surface area contributed by atoms with Gasteiger partial charge in [0.2, 0.25) is 0 Å². The summed E-state index contributed by atoms with van der Waals surface area (Å²) >= 11 is 0. The summed E-state index contributed by atoms with van der Waals surface area (Å²) < 4.78 is 357. The lowest BCUT2D eigenvalue weighted by Gasteiger charge is -2.40. The van der Waals surface area contributed by atoms with Crippen molar-refractivity contribution in [2.24, 2.45) is 0 Å². The van der Waals surface area contributed by atoms with Crippen LogP contribution in [0.3, 0.4) is 0 Å². The average molecular weight is 862 g/mol. The average Bonchev–Trinajstić information content (AvgIpc) is 2.92. The zero-order chi connectivity index (χ0) is 41.9. The standard InChI is InChI=1S/C18H16F26O5Si2/c1-47-51(48-2,6-4-8(21,22)10(25,26)12(29,30)14(33,34)16(37,38)18(42,43)44)49-50(45,46)5-3-7(19,20)9(23,24)11(27,28)13(31,32)15(35,36)17(39,40)41/h45-46H,3-6H2,1-2H3. The number of alkyl halides is 26. The molecule has 0 unspecified atom stereocenters. The first-order chi connectivity index (χ1) is 21.7. The molecule has 0 aliphatic rings. The van der Waals surface area contributed by atoms with Gasteiger partial charge >= 0.3 is 89.2 Å². The molecular weight excluding hydrogens is 846 g/mol. The van der Waals surface area contributed by atoms with Crippen molar-refractivity contribution in [3.8, 4) is 0 Å². The molecule has 0 saturated heterocycles. The summed E-state index contributed by atoms with van der Waals surface area (Å²) in [5.74, 6) is -79.6. The van der Waals surface area contributed by atoms with Crippen molar-refractivity contribution < 1.29 is 137 Å². The van der Waals surface area contributed by atoms with E-state index in [4.69, 9.17) is 0 Å². The highest BCUT2D eigenvalue weighted by atomic mass is 28.5. The highest BCUT2D eigenvalue weighted by molar-refractivity contribution is 6.73. The minimum absolute atomic E-state index is 0.0648. The van der Waals surface area contributed by atoms with Gasteiger partial charge in [-0.15, -0.1) is 0 Å². The van der Waals surface area contributed by atoms with E-state index < -0.39 is 114 Å². The van der Waals surface area contributed by atoms with Gasteiger partial charge in [0.15, 0.2) is 0 Å². The third-order valence-corrected chi connectivity index (χ3v) is 12.0. The predicted molar refractivity (Wildman–Crippen MR) is 111 cm³/mol. The SMILES string of the molecule is CO[Si](CCC(F)(F)C(F)(F)C(F)(F)C(F)(F)C(F)(F)C(F)(F)F)(OC)O[Si](O)(O)CCC(F)(F)C(F)(F)C(F)(F)C(F)(F)C(F)(F)C(F)(F)F. The van der Waals surface area contributed by atoms with Crippen molar-refractivity contribution in [2.45, 2.75) is 96.5 Å². The molecule has 0 atom stereocenters. The Labute approximate surface area is 266 Å². The summed E-state index contributed by atoms with van der Waals surface area (Å²) in [5, 5.41) is 0. The largest absolute Gasteiger partial charge is 0.493 e. The molecule has 0 aromatic carbocycles. The Morgan fingerprint density at radius 2 is 0.608 bits per heavy atom. The molecule has 51 heavy (non-hydrogen) atoms. The second kappa shape index (κ2) is 13.6. The maximum absolute atomic E-state index is 14.2. The Morgan fingerprint density at radius 3 is 0.843 bits per heavy atom. The minimum Gasteiger partial charge on any atom is -0.390 e. The van der Waals surface area contributed by atoms with Gasteiger partial charge in [-0.3, -0.25) is 0 Å². The van der Waals surface area contributed by atoms with Crippen LogP contribution >= 0.6 is 0 Å². The van der Waals surface area contributed by atoms with E-state index in [-0.39, 0.29) is 14.2 Å². The molecule has 0 aromatic heterocycles. The monoisotopic (exact) mass is 862 g/mol. The van der Waals surface area contributed by atoms with Gasteiger partial charge in [0.1, 0.15) is 0 Å². The third-order valence-electron chi connectivity index (χ3n) is 6.45. The van der Waals surface area contributed by atoms with Crippen LogP contribution in [-0.4, -0.2) is 113 Å². The number of hydrogen-bond acceptors (Lipinski definition) is 5. The highest BCUT2D eigenvalue weighted by Gasteiger charge is 2.92. The first kappa shape index (κ1) is 49.4. The van der Waals surface area contributed by atoms with Crippen molar-refractivity contribution in [1.82, 2.24) is 0 Å². The van der Waals surface area contributed by atoms with E-state index in [1.807, 2.05) is 0 Å². The van der Waals surface area contributed by atoms with E-state index in [1.165, 1.54) is 0 Å². The first-order valence-electron chi connectivity index (χ1n) is 11.9. The van der Waals surface area contributed by atoms with Crippen LogP contribution in [-0.2, 0) is 13.0 Å². The summed E-state index contributed by atoms with van der Waals surface area (Å²) in [4.78, 5) is 19.5. The Bertz CT molecular complexity index is 1190. The summed E-state index contributed by atoms with van der Waals surface area (Å²) in [6.07, 6.45) is -22.3. The number of halogens is 26. The molecule has 0 rings (SSSR count). The third kappa shape index (κ3) is 7.97. The maximum Gasteiger partial charge on any atom is 0.493 e. The van der Waals surface area contributed by atoms with Crippen LogP contribution in [0.25, 0.3) is 0 Å². The molecule has 0 aromatic rings. The van der Waals surface area contributed by atoms with Crippen LogP contribution < -0.4 is 0 Å². The van der Waals surface area contributed by atoms with Gasteiger partial charge in [-0.25, -0.2) is 0 Å². The van der Waals surface area contributed by atoms with Crippen LogP contribution in [0.1, 0.15) is 12.8 Å². The van der Waals surface area contributed by atoms with Crippen LogP contribution in [0.4, 0.5) is 114 Å². The molecule has 308 valence electrons. The van der Waals surface area contributed by atoms with E-state index in [0.717, 1.165) is 0 Å². The summed E-state index contributed by atoms with van der Waals surface area (Å²) in [5.41, 5.74) is 0. The van der Waals surface area contributed by atoms with Crippen LogP contribution in [0, 0.1) is 0 Å². The smallest absolute Gasteiger partial charge is 0.390 e. The summed E-state index contributed by atoms with van der Waals surface area (Å²) in [6.45, 7) is 0. The van der Waals surface area contributed by atoms with Crippen molar-refractivity contribution in [3.05, 3.63) is 0 Å². The Balaban J connectivity index is 6.43. The fourth-order valence-electron chi connectivity index (χ4n) is 3.27. The van der Waals surface area contributed by atoms with Gasteiger partial charge in [0.05, 0.1) is 0 Å². The Morgan fingerprint density at radius 1 is 0.373 bits per heavy atom. The van der Waals surface area contributed by atoms with Gasteiger partial charge in [0, 0.05) is 39.1 Å². The molecule has 0 spiro atoms. The molecule has 0 aliphatic heterocycles. The second-order valence-corrected chi connectivity index (χ2v) is 15.4. The second-order valence-electron chi connectivity index (χ2n) is 9.94. The fraction of sp³-hybridized carbons (Fsp3) is 1.00.